The summed E-state index contributed by atoms with van der Waals surface area (Å²) in [6, 6.07) is 12.8. The summed E-state index contributed by atoms with van der Waals surface area (Å²) in [5.74, 6) is 0.878. The Bertz CT molecular complexity index is 1080. The van der Waals surface area contributed by atoms with E-state index < -0.39 is 0 Å². The molecule has 1 amide bonds. The molecule has 1 fully saturated rings. The van der Waals surface area contributed by atoms with Gasteiger partial charge < -0.3 is 15.0 Å². The summed E-state index contributed by atoms with van der Waals surface area (Å²) < 4.78 is 5.39. The second kappa shape index (κ2) is 8.77. The quantitative estimate of drug-likeness (QED) is 0.626. The number of anilines is 2. The van der Waals surface area contributed by atoms with E-state index in [1.54, 1.807) is 24.4 Å². The van der Waals surface area contributed by atoms with Gasteiger partial charge in [-0.25, -0.2) is 4.98 Å². The van der Waals surface area contributed by atoms with Crippen molar-refractivity contribution in [2.75, 3.05) is 30.4 Å². The molecule has 8 heteroatoms. The van der Waals surface area contributed by atoms with Crippen molar-refractivity contribution in [3.63, 3.8) is 0 Å². The molecule has 2 N–H and O–H groups in total. The largest absolute Gasteiger partial charge is 0.495 e. The number of hydrogen-bond acceptors (Lipinski definition) is 6. The molecule has 1 saturated heterocycles. The van der Waals surface area contributed by atoms with Gasteiger partial charge in [0, 0.05) is 43.9 Å². The molecule has 3 aromatic rings. The van der Waals surface area contributed by atoms with Crippen molar-refractivity contribution in [1.82, 2.24) is 15.0 Å². The Kier molecular flexibility index (Phi) is 5.74. The minimum absolute atomic E-state index is 0.0150. The molecule has 8 nitrogen and oxygen atoms in total. The summed E-state index contributed by atoms with van der Waals surface area (Å²) in [6.45, 7) is 1.07. The topological polar surface area (TPSA) is 100 Å². The Morgan fingerprint density at radius 1 is 1.20 bits per heavy atom. The Balaban J connectivity index is 1.47. The number of carbonyl (C=O) groups is 1. The zero-order valence-corrected chi connectivity index (χ0v) is 16.7. The Morgan fingerprint density at radius 3 is 2.80 bits per heavy atom. The van der Waals surface area contributed by atoms with Gasteiger partial charge in [-0.05, 0) is 36.2 Å². The van der Waals surface area contributed by atoms with Gasteiger partial charge in [0.1, 0.15) is 5.75 Å². The van der Waals surface area contributed by atoms with E-state index in [1.807, 2.05) is 36.4 Å². The van der Waals surface area contributed by atoms with E-state index in [0.29, 0.717) is 36.9 Å². The van der Waals surface area contributed by atoms with Crippen LogP contribution in [0.1, 0.15) is 23.6 Å². The molecule has 0 aliphatic carbocycles. The first kappa shape index (κ1) is 19.6. The third-order valence-electron chi connectivity index (χ3n) is 5.14. The third kappa shape index (κ3) is 4.32. The summed E-state index contributed by atoms with van der Waals surface area (Å²) in [7, 11) is 1.58. The first-order valence-electron chi connectivity index (χ1n) is 9.81. The lowest BCUT2D eigenvalue weighted by molar-refractivity contribution is -0.117. The molecule has 0 spiro atoms. The van der Waals surface area contributed by atoms with Crippen LogP contribution in [0.4, 0.5) is 11.6 Å². The molecule has 1 aliphatic rings. The molecule has 4 rings (SSSR count). The average molecular weight is 405 g/mol. The van der Waals surface area contributed by atoms with Crippen LogP contribution in [-0.2, 0) is 11.2 Å². The SMILES string of the molecule is COc1ccccc1N1C[C@@H](c2cc(=O)[nH]c(NCCc3ccncc3)n2)CC1=O. The van der Waals surface area contributed by atoms with Crippen LogP contribution < -0.4 is 20.5 Å². The molecular formula is C22H23N5O3. The fourth-order valence-corrected chi connectivity index (χ4v) is 3.64. The lowest BCUT2D eigenvalue weighted by atomic mass is 10.0. The second-order valence-electron chi connectivity index (χ2n) is 7.13. The molecule has 0 bridgehead atoms. The summed E-state index contributed by atoms with van der Waals surface area (Å²) >= 11 is 0. The van der Waals surface area contributed by atoms with Crippen molar-refractivity contribution >= 4 is 17.5 Å². The van der Waals surface area contributed by atoms with E-state index in [2.05, 4.69) is 20.3 Å². The van der Waals surface area contributed by atoms with Gasteiger partial charge in [0.15, 0.2) is 0 Å². The van der Waals surface area contributed by atoms with Gasteiger partial charge in [-0.1, -0.05) is 12.1 Å². The monoisotopic (exact) mass is 405 g/mol. The number of rotatable bonds is 7. The standard InChI is InChI=1S/C22H23N5O3/c1-30-19-5-3-2-4-18(19)27-14-16(12-21(27)29)17-13-20(28)26-22(25-17)24-11-8-15-6-9-23-10-7-15/h2-7,9-10,13,16H,8,11-12,14H2,1H3,(H2,24,25,26,28)/t16-/m0/s1. The molecule has 30 heavy (non-hydrogen) atoms. The highest BCUT2D eigenvalue weighted by Gasteiger charge is 2.34. The lowest BCUT2D eigenvalue weighted by Crippen LogP contribution is -2.25. The highest BCUT2D eigenvalue weighted by Crippen LogP contribution is 2.35. The number of carbonyl (C=O) groups excluding carboxylic acids is 1. The smallest absolute Gasteiger partial charge is 0.252 e. The van der Waals surface area contributed by atoms with Crippen molar-refractivity contribution in [3.8, 4) is 5.75 Å². The first-order chi connectivity index (χ1) is 14.6. The number of nitrogens with zero attached hydrogens (tertiary/aromatic N) is 3. The fourth-order valence-electron chi connectivity index (χ4n) is 3.64. The van der Waals surface area contributed by atoms with E-state index in [4.69, 9.17) is 4.74 Å². The Labute approximate surface area is 173 Å². The summed E-state index contributed by atoms with van der Waals surface area (Å²) in [6.07, 6.45) is 4.58. The maximum absolute atomic E-state index is 12.7. The van der Waals surface area contributed by atoms with Gasteiger partial charge in [-0.15, -0.1) is 0 Å². The fraction of sp³-hybridized carbons (Fsp3) is 0.273. The van der Waals surface area contributed by atoms with E-state index in [-0.39, 0.29) is 17.4 Å². The van der Waals surface area contributed by atoms with Crippen molar-refractivity contribution in [3.05, 3.63) is 76.5 Å². The van der Waals surface area contributed by atoms with Crippen molar-refractivity contribution < 1.29 is 9.53 Å². The van der Waals surface area contributed by atoms with Crippen molar-refractivity contribution in [2.24, 2.45) is 0 Å². The number of pyridine rings is 1. The Morgan fingerprint density at radius 2 is 2.00 bits per heavy atom. The van der Waals surface area contributed by atoms with E-state index in [9.17, 15) is 9.59 Å². The minimum atomic E-state index is -0.241. The number of amides is 1. The van der Waals surface area contributed by atoms with Crippen LogP contribution in [-0.4, -0.2) is 41.1 Å². The van der Waals surface area contributed by atoms with Crippen LogP contribution >= 0.6 is 0 Å². The van der Waals surface area contributed by atoms with Crippen molar-refractivity contribution in [1.29, 1.82) is 0 Å². The first-order valence-corrected chi connectivity index (χ1v) is 9.81. The lowest BCUT2D eigenvalue weighted by Gasteiger charge is -2.19. The zero-order chi connectivity index (χ0) is 20.9. The number of nitrogens with one attached hydrogen (secondary N) is 2. The normalized spacial score (nSPS) is 16.0. The van der Waals surface area contributed by atoms with E-state index >= 15 is 0 Å². The van der Waals surface area contributed by atoms with Crippen LogP contribution in [0, 0.1) is 0 Å². The molecule has 0 radical (unpaired) electrons. The van der Waals surface area contributed by atoms with Gasteiger partial charge in [0.2, 0.25) is 11.9 Å². The molecular weight excluding hydrogens is 382 g/mol. The predicted octanol–water partition coefficient (Wildman–Crippen LogP) is 2.35. The number of para-hydroxylation sites is 2. The van der Waals surface area contributed by atoms with Crippen LogP contribution in [0.2, 0.25) is 0 Å². The molecule has 2 aromatic heterocycles. The summed E-state index contributed by atoms with van der Waals surface area (Å²) in [5.41, 5.74) is 2.24. The van der Waals surface area contributed by atoms with Gasteiger partial charge in [0.25, 0.3) is 5.56 Å². The minimum Gasteiger partial charge on any atom is -0.495 e. The molecule has 1 aliphatic heterocycles. The maximum Gasteiger partial charge on any atom is 0.252 e. The number of aromatic amines is 1. The molecule has 3 heterocycles. The van der Waals surface area contributed by atoms with Crippen LogP contribution in [0.15, 0.2) is 59.7 Å². The van der Waals surface area contributed by atoms with Gasteiger partial charge in [-0.3, -0.25) is 19.6 Å². The highest BCUT2D eigenvalue weighted by molar-refractivity contribution is 5.97. The molecule has 1 atom stereocenters. The maximum atomic E-state index is 12.7. The highest BCUT2D eigenvalue weighted by atomic mass is 16.5. The second-order valence-corrected chi connectivity index (χ2v) is 7.13. The number of methoxy groups -OCH3 is 1. The van der Waals surface area contributed by atoms with Gasteiger partial charge in [-0.2, -0.15) is 0 Å². The zero-order valence-electron chi connectivity index (χ0n) is 16.7. The number of aromatic nitrogens is 3. The predicted molar refractivity (Wildman–Crippen MR) is 114 cm³/mol. The number of hydrogen-bond donors (Lipinski definition) is 2. The van der Waals surface area contributed by atoms with Gasteiger partial charge in [0.05, 0.1) is 18.5 Å². The number of benzene rings is 1. The molecule has 0 unspecified atom stereocenters. The summed E-state index contributed by atoms with van der Waals surface area (Å²) in [4.78, 5) is 37.8. The van der Waals surface area contributed by atoms with E-state index in [1.165, 1.54) is 6.07 Å². The Hall–Kier alpha value is -3.68. The average Bonchev–Trinajstić information content (AvgIpc) is 3.15. The third-order valence-corrected chi connectivity index (χ3v) is 5.14. The van der Waals surface area contributed by atoms with Crippen LogP contribution in [0.3, 0.4) is 0 Å². The molecule has 0 saturated carbocycles. The van der Waals surface area contributed by atoms with E-state index in [0.717, 1.165) is 17.7 Å². The molecule has 1 aromatic carbocycles. The van der Waals surface area contributed by atoms with Gasteiger partial charge >= 0.3 is 0 Å². The number of H-pyrrole nitrogens is 1. The van der Waals surface area contributed by atoms with Crippen LogP contribution in [0.5, 0.6) is 5.75 Å². The van der Waals surface area contributed by atoms with Crippen LogP contribution in [0.25, 0.3) is 0 Å². The number of ether oxygens (including phenoxy) is 1. The summed E-state index contributed by atoms with van der Waals surface area (Å²) in [5, 5.41) is 3.16. The van der Waals surface area contributed by atoms with Crippen molar-refractivity contribution in [2.45, 2.75) is 18.8 Å². The molecule has 154 valence electrons.